The predicted molar refractivity (Wildman–Crippen MR) is 59.1 cm³/mol. The first kappa shape index (κ1) is 13.9. The fraction of sp³-hybridized carbons (Fsp3) is 0.556. The van der Waals surface area contributed by atoms with Crippen molar-refractivity contribution in [3.05, 3.63) is 17.8 Å². The van der Waals surface area contributed by atoms with Gasteiger partial charge in [0.15, 0.2) is 5.69 Å². The summed E-state index contributed by atoms with van der Waals surface area (Å²) in [6.07, 6.45) is -2.21. The molecule has 1 N–H and O–H groups in total. The monoisotopic (exact) mass is 267 g/mol. The summed E-state index contributed by atoms with van der Waals surface area (Å²) in [4.78, 5) is 0. The van der Waals surface area contributed by atoms with Crippen LogP contribution in [0.4, 0.5) is 19.0 Å². The van der Waals surface area contributed by atoms with Crippen molar-refractivity contribution in [1.29, 1.82) is 0 Å². The number of alkyl halides is 3. The zero-order chi connectivity index (χ0) is 12.9. The van der Waals surface area contributed by atoms with Gasteiger partial charge in [0.2, 0.25) is 0 Å². The van der Waals surface area contributed by atoms with Crippen molar-refractivity contribution in [2.24, 2.45) is 0 Å². The molecule has 0 aliphatic rings. The molecule has 1 rings (SSSR count). The minimum Gasteiger partial charge on any atom is -0.369 e. The number of nitrogens with zero attached hydrogens (tertiary/aromatic N) is 2. The van der Waals surface area contributed by atoms with Crippen LogP contribution >= 0.6 is 0 Å². The zero-order valence-electron chi connectivity index (χ0n) is 9.12. The molecule has 1 aromatic heterocycles. The van der Waals surface area contributed by atoms with Gasteiger partial charge in [0.05, 0.1) is 0 Å². The van der Waals surface area contributed by atoms with Crippen LogP contribution < -0.4 is 5.32 Å². The molecule has 1 heterocycles. The Balaban J connectivity index is 2.43. The average Bonchev–Trinajstić information content (AvgIpc) is 2.23. The summed E-state index contributed by atoms with van der Waals surface area (Å²) in [5.41, 5.74) is -1.02. The molecule has 17 heavy (non-hydrogen) atoms. The van der Waals surface area contributed by atoms with E-state index in [1.165, 1.54) is 6.07 Å². The van der Waals surface area contributed by atoms with Crippen LogP contribution in [0.3, 0.4) is 0 Å². The molecular weight excluding hydrogens is 255 g/mol. The topological polar surface area (TPSA) is 54.9 Å². The maximum Gasteiger partial charge on any atom is 0.435 e. The zero-order valence-corrected chi connectivity index (χ0v) is 9.94. The Bertz CT molecular complexity index is 380. The van der Waals surface area contributed by atoms with Crippen LogP contribution in [0.2, 0.25) is 0 Å². The van der Waals surface area contributed by atoms with Crippen molar-refractivity contribution >= 4 is 16.6 Å². The number of nitrogens with one attached hydrogen (secondary N) is 1. The van der Waals surface area contributed by atoms with E-state index in [2.05, 4.69) is 15.5 Å². The molecule has 1 atom stereocenters. The highest BCUT2D eigenvalue weighted by Crippen LogP contribution is 2.26. The average molecular weight is 267 g/mol. The van der Waals surface area contributed by atoms with E-state index in [1.807, 2.05) is 0 Å². The fourth-order valence-corrected chi connectivity index (χ4v) is 1.62. The first-order valence-corrected chi connectivity index (χ1v) is 6.57. The molecule has 0 aliphatic heterocycles. The van der Waals surface area contributed by atoms with Crippen molar-refractivity contribution in [2.45, 2.75) is 12.6 Å². The largest absolute Gasteiger partial charge is 0.435 e. The Kier molecular flexibility index (Phi) is 4.86. The number of rotatable bonds is 5. The highest BCUT2D eigenvalue weighted by molar-refractivity contribution is 7.84. The van der Waals surface area contributed by atoms with Crippen LogP contribution in [0, 0.1) is 0 Å². The number of halogens is 3. The molecule has 4 nitrogen and oxygen atoms in total. The van der Waals surface area contributed by atoms with Gasteiger partial charge in [0, 0.05) is 29.4 Å². The lowest BCUT2D eigenvalue weighted by atomic mass is 10.3. The van der Waals surface area contributed by atoms with Crippen LogP contribution in [-0.2, 0) is 17.0 Å². The minimum atomic E-state index is -4.47. The number of hydrogen-bond acceptors (Lipinski definition) is 4. The third kappa shape index (κ3) is 5.12. The van der Waals surface area contributed by atoms with E-state index >= 15 is 0 Å². The Hall–Kier alpha value is -1.18. The van der Waals surface area contributed by atoms with Crippen LogP contribution in [0.5, 0.6) is 0 Å². The third-order valence-corrected chi connectivity index (χ3v) is 2.73. The Morgan fingerprint density at radius 2 is 2.06 bits per heavy atom. The molecule has 0 saturated carbocycles. The Morgan fingerprint density at radius 1 is 1.35 bits per heavy atom. The SMILES string of the molecule is CS(=O)CCCNc1ccc(C(F)(F)F)nn1. The van der Waals surface area contributed by atoms with Crippen molar-refractivity contribution in [3.63, 3.8) is 0 Å². The lowest BCUT2D eigenvalue weighted by Gasteiger charge is -2.06. The van der Waals surface area contributed by atoms with Crippen molar-refractivity contribution in [3.8, 4) is 0 Å². The summed E-state index contributed by atoms with van der Waals surface area (Å²) in [5, 5.41) is 9.27. The van der Waals surface area contributed by atoms with E-state index < -0.39 is 22.7 Å². The molecule has 0 radical (unpaired) electrons. The fourth-order valence-electron chi connectivity index (χ4n) is 1.07. The molecule has 0 spiro atoms. The Labute approximate surface area is 99.1 Å². The van der Waals surface area contributed by atoms with E-state index in [4.69, 9.17) is 0 Å². The number of aromatic nitrogens is 2. The van der Waals surface area contributed by atoms with Gasteiger partial charge in [-0.05, 0) is 18.6 Å². The number of anilines is 1. The normalized spacial score (nSPS) is 13.4. The van der Waals surface area contributed by atoms with E-state index in [-0.39, 0.29) is 5.82 Å². The number of hydrogen-bond donors (Lipinski definition) is 1. The summed E-state index contributed by atoms with van der Waals surface area (Å²) in [6, 6.07) is 2.09. The summed E-state index contributed by atoms with van der Waals surface area (Å²) in [7, 11) is -0.864. The smallest absolute Gasteiger partial charge is 0.369 e. The van der Waals surface area contributed by atoms with Gasteiger partial charge in [-0.2, -0.15) is 13.2 Å². The first-order valence-electron chi connectivity index (χ1n) is 4.84. The van der Waals surface area contributed by atoms with Crippen molar-refractivity contribution in [1.82, 2.24) is 10.2 Å². The molecule has 1 aromatic rings. The molecule has 0 aliphatic carbocycles. The van der Waals surface area contributed by atoms with Gasteiger partial charge in [-0.3, -0.25) is 4.21 Å². The molecule has 0 saturated heterocycles. The van der Waals surface area contributed by atoms with E-state index in [1.54, 1.807) is 6.26 Å². The van der Waals surface area contributed by atoms with Gasteiger partial charge in [-0.1, -0.05) is 0 Å². The highest BCUT2D eigenvalue weighted by Gasteiger charge is 2.32. The molecule has 8 heteroatoms. The molecule has 0 aromatic carbocycles. The maximum atomic E-state index is 12.2. The summed E-state index contributed by atoms with van der Waals surface area (Å²) >= 11 is 0. The second-order valence-corrected chi connectivity index (χ2v) is 4.91. The van der Waals surface area contributed by atoms with Gasteiger partial charge < -0.3 is 5.32 Å². The lowest BCUT2D eigenvalue weighted by molar-refractivity contribution is -0.141. The van der Waals surface area contributed by atoms with Gasteiger partial charge in [-0.25, -0.2) is 0 Å². The second-order valence-electron chi connectivity index (χ2n) is 3.36. The van der Waals surface area contributed by atoms with Crippen molar-refractivity contribution in [2.75, 3.05) is 23.9 Å². The van der Waals surface area contributed by atoms with Gasteiger partial charge >= 0.3 is 6.18 Å². The van der Waals surface area contributed by atoms with Gasteiger partial charge in [-0.15, -0.1) is 10.2 Å². The standard InChI is InChI=1S/C9H12F3N3OS/c1-17(16)6-2-5-13-8-4-3-7(14-15-8)9(10,11)12/h3-4H,2,5-6H2,1H3,(H,13,15). The van der Waals surface area contributed by atoms with E-state index in [0.29, 0.717) is 18.7 Å². The van der Waals surface area contributed by atoms with Crippen LogP contribution in [-0.4, -0.2) is 33.0 Å². The predicted octanol–water partition coefficient (Wildman–Crippen LogP) is 1.68. The first-order chi connectivity index (χ1) is 7.89. The maximum absolute atomic E-state index is 12.2. The van der Waals surface area contributed by atoms with E-state index in [9.17, 15) is 17.4 Å². The minimum absolute atomic E-state index is 0.278. The quantitative estimate of drug-likeness (QED) is 0.825. The molecule has 0 fully saturated rings. The Morgan fingerprint density at radius 3 is 2.53 bits per heavy atom. The van der Waals surface area contributed by atoms with Gasteiger partial charge in [0.1, 0.15) is 5.82 Å². The van der Waals surface area contributed by atoms with Crippen LogP contribution in [0.25, 0.3) is 0 Å². The van der Waals surface area contributed by atoms with Crippen LogP contribution in [0.1, 0.15) is 12.1 Å². The summed E-state index contributed by atoms with van der Waals surface area (Å²) < 4.78 is 47.2. The molecule has 0 bridgehead atoms. The second kappa shape index (κ2) is 5.95. The van der Waals surface area contributed by atoms with Crippen molar-refractivity contribution < 1.29 is 17.4 Å². The van der Waals surface area contributed by atoms with Crippen LogP contribution in [0.15, 0.2) is 12.1 Å². The molecule has 0 amide bonds. The molecule has 96 valence electrons. The summed E-state index contributed by atoms with van der Waals surface area (Å²) in [5.74, 6) is 0.820. The lowest BCUT2D eigenvalue weighted by Crippen LogP contribution is -2.11. The molecular formula is C9H12F3N3OS. The molecule has 1 unspecified atom stereocenters. The third-order valence-electron chi connectivity index (χ3n) is 1.87. The highest BCUT2D eigenvalue weighted by atomic mass is 32.2. The van der Waals surface area contributed by atoms with Gasteiger partial charge in [0.25, 0.3) is 0 Å². The van der Waals surface area contributed by atoms with E-state index in [0.717, 1.165) is 6.07 Å². The summed E-state index contributed by atoms with van der Waals surface area (Å²) in [6.45, 7) is 0.500.